The second-order valence-electron chi connectivity index (χ2n) is 6.33. The molecular formula is C19H18N4O3S. The minimum Gasteiger partial charge on any atom is -0.484 e. The molecule has 0 bridgehead atoms. The van der Waals surface area contributed by atoms with Crippen LogP contribution in [0.15, 0.2) is 35.8 Å². The number of ether oxygens (including phenoxy) is 1. The molecule has 0 radical (unpaired) electrons. The van der Waals surface area contributed by atoms with Crippen LogP contribution in [0.4, 0.5) is 5.13 Å². The predicted octanol–water partition coefficient (Wildman–Crippen LogP) is 2.74. The Hall–Kier alpha value is -3.13. The van der Waals surface area contributed by atoms with Gasteiger partial charge in [0, 0.05) is 17.1 Å². The van der Waals surface area contributed by atoms with Gasteiger partial charge in [0.25, 0.3) is 11.8 Å². The molecule has 1 aromatic carbocycles. The number of H-pyrrole nitrogens is 1. The van der Waals surface area contributed by atoms with E-state index in [2.05, 4.69) is 21.4 Å². The molecule has 2 aromatic heterocycles. The maximum atomic E-state index is 12.1. The molecule has 1 aliphatic rings. The van der Waals surface area contributed by atoms with E-state index in [0.717, 1.165) is 18.4 Å². The summed E-state index contributed by atoms with van der Waals surface area (Å²) in [6.45, 7) is -0.0797. The number of rotatable bonds is 6. The van der Waals surface area contributed by atoms with Crippen LogP contribution in [0.1, 0.15) is 28.0 Å². The van der Waals surface area contributed by atoms with Crippen molar-refractivity contribution < 1.29 is 14.3 Å². The van der Waals surface area contributed by atoms with Crippen molar-refractivity contribution in [2.45, 2.75) is 19.3 Å². The summed E-state index contributed by atoms with van der Waals surface area (Å²) in [7, 11) is 0. The van der Waals surface area contributed by atoms with E-state index < -0.39 is 5.91 Å². The maximum Gasteiger partial charge on any atom is 0.265 e. The molecule has 7 nitrogen and oxygen atoms in total. The first-order valence-corrected chi connectivity index (χ1v) is 9.45. The summed E-state index contributed by atoms with van der Waals surface area (Å²) in [5, 5.41) is 4.99. The number of primary amides is 1. The van der Waals surface area contributed by atoms with E-state index in [4.69, 9.17) is 10.5 Å². The van der Waals surface area contributed by atoms with Crippen LogP contribution in [0.2, 0.25) is 0 Å². The summed E-state index contributed by atoms with van der Waals surface area (Å²) >= 11 is 1.30. The average Bonchev–Trinajstić information content (AvgIpc) is 3.39. The van der Waals surface area contributed by atoms with E-state index >= 15 is 0 Å². The Kier molecular flexibility index (Phi) is 4.64. The van der Waals surface area contributed by atoms with Crippen molar-refractivity contribution in [1.82, 2.24) is 9.97 Å². The maximum absolute atomic E-state index is 12.1. The number of carbonyl (C=O) groups excluding carboxylic acids is 2. The first-order chi connectivity index (χ1) is 13.1. The van der Waals surface area contributed by atoms with Gasteiger partial charge in [-0.3, -0.25) is 14.9 Å². The van der Waals surface area contributed by atoms with Crippen molar-refractivity contribution in [3.05, 3.63) is 52.7 Å². The average molecular weight is 382 g/mol. The minimum atomic E-state index is -0.534. The van der Waals surface area contributed by atoms with E-state index in [1.54, 1.807) is 17.6 Å². The van der Waals surface area contributed by atoms with Crippen molar-refractivity contribution in [2.24, 2.45) is 5.73 Å². The SMILES string of the molecule is NC(=O)c1cc(-c2csc(NC(=O)COc3ccc4c(c3)CCC4)n2)c[nH]1. The number of hydrogen-bond acceptors (Lipinski definition) is 5. The molecule has 0 aliphatic heterocycles. The minimum absolute atomic E-state index is 0.0797. The van der Waals surface area contributed by atoms with Crippen LogP contribution in [0.25, 0.3) is 11.3 Å². The number of anilines is 1. The number of aromatic amines is 1. The number of carbonyl (C=O) groups is 2. The monoisotopic (exact) mass is 382 g/mol. The fourth-order valence-corrected chi connectivity index (χ4v) is 3.83. The molecule has 0 saturated heterocycles. The number of amides is 2. The van der Waals surface area contributed by atoms with Gasteiger partial charge in [0.05, 0.1) is 5.69 Å². The standard InChI is InChI=1S/C19H18N4O3S/c20-18(25)15-7-13(8-21-15)16-10-27-19(22-16)23-17(24)9-26-14-5-4-11-2-1-3-12(11)6-14/h4-8,10,21H,1-3,9H2,(H2,20,25)(H,22,23,24). The smallest absolute Gasteiger partial charge is 0.265 e. The zero-order valence-electron chi connectivity index (χ0n) is 14.5. The third kappa shape index (κ3) is 3.85. The summed E-state index contributed by atoms with van der Waals surface area (Å²) in [6.07, 6.45) is 5.01. The molecule has 27 heavy (non-hydrogen) atoms. The number of fused-ring (bicyclic) bond motifs is 1. The van der Waals surface area contributed by atoms with Gasteiger partial charge in [-0.05, 0) is 48.6 Å². The lowest BCUT2D eigenvalue weighted by Gasteiger charge is -2.07. The molecule has 2 amide bonds. The molecule has 0 fully saturated rings. The lowest BCUT2D eigenvalue weighted by molar-refractivity contribution is -0.118. The lowest BCUT2D eigenvalue weighted by Crippen LogP contribution is -2.20. The number of aromatic nitrogens is 2. The topological polar surface area (TPSA) is 110 Å². The number of thiazole rings is 1. The van der Waals surface area contributed by atoms with Gasteiger partial charge in [0.15, 0.2) is 11.7 Å². The predicted molar refractivity (Wildman–Crippen MR) is 103 cm³/mol. The molecule has 8 heteroatoms. The van der Waals surface area contributed by atoms with Gasteiger partial charge in [-0.2, -0.15) is 0 Å². The van der Waals surface area contributed by atoms with E-state index in [1.165, 1.54) is 28.9 Å². The molecular weight excluding hydrogens is 364 g/mol. The second-order valence-corrected chi connectivity index (χ2v) is 7.18. The Morgan fingerprint density at radius 1 is 1.26 bits per heavy atom. The Morgan fingerprint density at radius 2 is 2.11 bits per heavy atom. The summed E-state index contributed by atoms with van der Waals surface area (Å²) in [5.41, 5.74) is 9.59. The quantitative estimate of drug-likeness (QED) is 0.609. The third-order valence-electron chi connectivity index (χ3n) is 4.43. The van der Waals surface area contributed by atoms with E-state index in [-0.39, 0.29) is 12.5 Å². The van der Waals surface area contributed by atoms with Gasteiger partial charge in [-0.1, -0.05) is 6.07 Å². The Morgan fingerprint density at radius 3 is 2.93 bits per heavy atom. The van der Waals surface area contributed by atoms with Crippen LogP contribution < -0.4 is 15.8 Å². The highest BCUT2D eigenvalue weighted by Gasteiger charge is 2.13. The van der Waals surface area contributed by atoms with Gasteiger partial charge < -0.3 is 15.5 Å². The zero-order chi connectivity index (χ0) is 18.8. The Bertz CT molecular complexity index is 1010. The molecule has 1 aliphatic carbocycles. The van der Waals surface area contributed by atoms with Crippen LogP contribution in [-0.4, -0.2) is 28.4 Å². The lowest BCUT2D eigenvalue weighted by atomic mass is 10.1. The molecule has 4 N–H and O–H groups in total. The Balaban J connectivity index is 1.34. The van der Waals surface area contributed by atoms with Crippen LogP contribution in [-0.2, 0) is 17.6 Å². The van der Waals surface area contributed by atoms with Gasteiger partial charge in [0.2, 0.25) is 0 Å². The fraction of sp³-hybridized carbons (Fsp3) is 0.211. The van der Waals surface area contributed by atoms with Crippen molar-refractivity contribution in [2.75, 3.05) is 11.9 Å². The molecule has 0 atom stereocenters. The molecule has 3 aromatic rings. The fourth-order valence-electron chi connectivity index (χ4n) is 3.09. The number of benzene rings is 1. The summed E-state index contributed by atoms with van der Waals surface area (Å²) in [6, 6.07) is 7.61. The number of nitrogens with zero attached hydrogens (tertiary/aromatic N) is 1. The Labute approximate surface area is 159 Å². The zero-order valence-corrected chi connectivity index (χ0v) is 15.3. The molecule has 0 spiro atoms. The van der Waals surface area contributed by atoms with E-state index in [9.17, 15) is 9.59 Å². The van der Waals surface area contributed by atoms with E-state index in [0.29, 0.717) is 22.3 Å². The van der Waals surface area contributed by atoms with Crippen molar-refractivity contribution in [3.63, 3.8) is 0 Å². The first kappa shape index (κ1) is 17.3. The highest BCUT2D eigenvalue weighted by Crippen LogP contribution is 2.27. The van der Waals surface area contributed by atoms with Gasteiger partial charge in [-0.15, -0.1) is 11.3 Å². The van der Waals surface area contributed by atoms with Crippen molar-refractivity contribution >= 4 is 28.3 Å². The number of nitrogens with one attached hydrogen (secondary N) is 2. The van der Waals surface area contributed by atoms with Gasteiger partial charge >= 0.3 is 0 Å². The van der Waals surface area contributed by atoms with Gasteiger partial charge in [-0.25, -0.2) is 4.98 Å². The van der Waals surface area contributed by atoms with Crippen LogP contribution in [0, 0.1) is 0 Å². The van der Waals surface area contributed by atoms with Gasteiger partial charge in [0.1, 0.15) is 11.4 Å². The highest BCUT2D eigenvalue weighted by atomic mass is 32.1. The summed E-state index contributed by atoms with van der Waals surface area (Å²) in [4.78, 5) is 30.4. The molecule has 2 heterocycles. The molecule has 138 valence electrons. The van der Waals surface area contributed by atoms with Crippen LogP contribution in [0.3, 0.4) is 0 Å². The first-order valence-electron chi connectivity index (χ1n) is 8.57. The second kappa shape index (κ2) is 7.24. The number of nitrogens with two attached hydrogens (primary N) is 1. The highest BCUT2D eigenvalue weighted by molar-refractivity contribution is 7.14. The van der Waals surface area contributed by atoms with Crippen molar-refractivity contribution in [3.8, 4) is 17.0 Å². The molecule has 0 saturated carbocycles. The summed E-state index contributed by atoms with van der Waals surface area (Å²) < 4.78 is 5.59. The van der Waals surface area contributed by atoms with Crippen LogP contribution >= 0.6 is 11.3 Å². The largest absolute Gasteiger partial charge is 0.484 e. The number of hydrogen-bond donors (Lipinski definition) is 3. The summed E-state index contributed by atoms with van der Waals surface area (Å²) in [5.74, 6) is -0.103. The normalized spacial score (nSPS) is 12.6. The number of aryl methyl sites for hydroxylation is 2. The third-order valence-corrected chi connectivity index (χ3v) is 5.19. The molecule has 4 rings (SSSR count). The van der Waals surface area contributed by atoms with Crippen LogP contribution in [0.5, 0.6) is 5.75 Å². The molecule has 0 unspecified atom stereocenters. The van der Waals surface area contributed by atoms with Crippen molar-refractivity contribution in [1.29, 1.82) is 0 Å². The van der Waals surface area contributed by atoms with E-state index in [1.807, 2.05) is 12.1 Å².